The SMILES string of the molecule is COc1ccc(S(=O)(=O)Nc2cc(C)cc(C)c2)cc1C(=O)N1CCCCC1. The molecule has 28 heavy (non-hydrogen) atoms. The van der Waals surface area contributed by atoms with Gasteiger partial charge in [-0.1, -0.05) is 6.07 Å². The van der Waals surface area contributed by atoms with Gasteiger partial charge >= 0.3 is 0 Å². The van der Waals surface area contributed by atoms with E-state index < -0.39 is 10.0 Å². The lowest BCUT2D eigenvalue weighted by molar-refractivity contribution is 0.0720. The number of aryl methyl sites for hydroxylation is 2. The van der Waals surface area contributed by atoms with Gasteiger partial charge < -0.3 is 9.64 Å². The Kier molecular flexibility index (Phi) is 5.93. The highest BCUT2D eigenvalue weighted by Gasteiger charge is 2.24. The van der Waals surface area contributed by atoms with Crippen LogP contribution in [-0.4, -0.2) is 39.4 Å². The molecule has 1 aliphatic heterocycles. The summed E-state index contributed by atoms with van der Waals surface area (Å²) >= 11 is 0. The van der Waals surface area contributed by atoms with Crippen LogP contribution in [-0.2, 0) is 10.0 Å². The standard InChI is InChI=1S/C21H26N2O4S/c1-15-11-16(2)13-17(12-15)22-28(25,26)18-7-8-20(27-3)19(14-18)21(24)23-9-5-4-6-10-23/h7-8,11-14,22H,4-6,9-10H2,1-3H3. The maximum absolute atomic E-state index is 12.9. The van der Waals surface area contributed by atoms with E-state index in [1.165, 1.54) is 25.3 Å². The molecule has 0 aromatic heterocycles. The number of amides is 1. The van der Waals surface area contributed by atoms with Gasteiger partial charge in [0, 0.05) is 18.8 Å². The third kappa shape index (κ3) is 4.47. The second kappa shape index (κ2) is 8.22. The lowest BCUT2D eigenvalue weighted by atomic mass is 10.1. The van der Waals surface area contributed by atoms with E-state index in [9.17, 15) is 13.2 Å². The van der Waals surface area contributed by atoms with Crippen LogP contribution < -0.4 is 9.46 Å². The minimum Gasteiger partial charge on any atom is -0.496 e. The number of sulfonamides is 1. The van der Waals surface area contributed by atoms with Crippen molar-refractivity contribution in [3.63, 3.8) is 0 Å². The Bertz CT molecular complexity index is 960. The zero-order chi connectivity index (χ0) is 20.3. The quantitative estimate of drug-likeness (QED) is 0.827. The average Bonchev–Trinajstić information content (AvgIpc) is 2.66. The van der Waals surface area contributed by atoms with E-state index in [1.807, 2.05) is 19.9 Å². The third-order valence-corrected chi connectivity index (χ3v) is 6.21. The van der Waals surface area contributed by atoms with E-state index in [1.54, 1.807) is 17.0 Å². The number of hydrogen-bond acceptors (Lipinski definition) is 4. The fourth-order valence-corrected chi connectivity index (χ4v) is 4.60. The number of nitrogens with zero attached hydrogens (tertiary/aromatic N) is 1. The Labute approximate surface area is 166 Å². The molecule has 3 rings (SSSR count). The summed E-state index contributed by atoms with van der Waals surface area (Å²) in [6, 6.07) is 9.91. The van der Waals surface area contributed by atoms with Gasteiger partial charge in [-0.25, -0.2) is 8.42 Å². The first kappa shape index (κ1) is 20.2. The van der Waals surface area contributed by atoms with Crippen LogP contribution in [0.15, 0.2) is 41.3 Å². The van der Waals surface area contributed by atoms with Crippen molar-refractivity contribution in [3.05, 3.63) is 53.1 Å². The van der Waals surface area contributed by atoms with E-state index in [4.69, 9.17) is 4.74 Å². The molecular weight excluding hydrogens is 376 g/mol. The lowest BCUT2D eigenvalue weighted by Gasteiger charge is -2.27. The monoisotopic (exact) mass is 402 g/mol. The molecule has 1 aliphatic rings. The Hall–Kier alpha value is -2.54. The average molecular weight is 403 g/mol. The van der Waals surface area contributed by atoms with Gasteiger partial charge in [0.2, 0.25) is 0 Å². The fraction of sp³-hybridized carbons (Fsp3) is 0.381. The molecule has 0 bridgehead atoms. The molecule has 1 amide bonds. The Morgan fingerprint density at radius 1 is 1.00 bits per heavy atom. The summed E-state index contributed by atoms with van der Waals surface area (Å²) < 4.78 is 33.7. The van der Waals surface area contributed by atoms with Crippen LogP contribution in [0.4, 0.5) is 5.69 Å². The Balaban J connectivity index is 1.93. The predicted octanol–water partition coefficient (Wildman–Crippen LogP) is 3.74. The van der Waals surface area contributed by atoms with Gasteiger partial charge in [-0.3, -0.25) is 9.52 Å². The van der Waals surface area contributed by atoms with Crippen molar-refractivity contribution in [2.75, 3.05) is 24.9 Å². The van der Waals surface area contributed by atoms with Gasteiger partial charge in [0.15, 0.2) is 0 Å². The van der Waals surface area contributed by atoms with Crippen LogP contribution in [0.3, 0.4) is 0 Å². The van der Waals surface area contributed by atoms with Crippen LogP contribution in [0.1, 0.15) is 40.7 Å². The number of piperidine rings is 1. The number of hydrogen-bond donors (Lipinski definition) is 1. The molecule has 150 valence electrons. The van der Waals surface area contributed by atoms with Crippen LogP contribution in [0.25, 0.3) is 0 Å². The van der Waals surface area contributed by atoms with Crippen molar-refractivity contribution in [2.24, 2.45) is 0 Å². The molecular formula is C21H26N2O4S. The van der Waals surface area contributed by atoms with Gasteiger partial charge in [0.25, 0.3) is 15.9 Å². The predicted molar refractivity (Wildman–Crippen MR) is 109 cm³/mol. The van der Waals surface area contributed by atoms with Gasteiger partial charge in [0.05, 0.1) is 17.6 Å². The van der Waals surface area contributed by atoms with Crippen LogP contribution in [0.2, 0.25) is 0 Å². The van der Waals surface area contributed by atoms with Gasteiger partial charge in [-0.2, -0.15) is 0 Å². The van der Waals surface area contributed by atoms with Crippen molar-refractivity contribution in [1.29, 1.82) is 0 Å². The number of rotatable bonds is 5. The van der Waals surface area contributed by atoms with Crippen molar-refractivity contribution in [3.8, 4) is 5.75 Å². The third-order valence-electron chi connectivity index (χ3n) is 4.83. The zero-order valence-corrected chi connectivity index (χ0v) is 17.3. The summed E-state index contributed by atoms with van der Waals surface area (Å²) in [5.74, 6) is 0.181. The van der Waals surface area contributed by atoms with E-state index in [-0.39, 0.29) is 16.4 Å². The zero-order valence-electron chi connectivity index (χ0n) is 16.5. The molecule has 0 saturated carbocycles. The number of benzene rings is 2. The summed E-state index contributed by atoms with van der Waals surface area (Å²) in [6.07, 6.45) is 3.02. The highest BCUT2D eigenvalue weighted by molar-refractivity contribution is 7.92. The highest BCUT2D eigenvalue weighted by atomic mass is 32.2. The molecule has 0 atom stereocenters. The first-order valence-electron chi connectivity index (χ1n) is 9.38. The molecule has 1 fully saturated rings. The minimum absolute atomic E-state index is 0.0350. The fourth-order valence-electron chi connectivity index (χ4n) is 3.54. The topological polar surface area (TPSA) is 75.7 Å². The summed E-state index contributed by atoms with van der Waals surface area (Å²) in [5, 5.41) is 0. The van der Waals surface area contributed by atoms with Crippen molar-refractivity contribution in [1.82, 2.24) is 4.90 Å². The molecule has 1 saturated heterocycles. The minimum atomic E-state index is -3.83. The second-order valence-electron chi connectivity index (χ2n) is 7.20. The summed E-state index contributed by atoms with van der Waals surface area (Å²) in [5.41, 5.74) is 2.70. The number of carbonyl (C=O) groups excluding carboxylic acids is 1. The smallest absolute Gasteiger partial charge is 0.261 e. The summed E-state index contributed by atoms with van der Waals surface area (Å²) in [4.78, 5) is 14.7. The van der Waals surface area contributed by atoms with Crippen molar-refractivity contribution >= 4 is 21.6 Å². The second-order valence-corrected chi connectivity index (χ2v) is 8.88. The molecule has 6 nitrogen and oxygen atoms in total. The molecule has 0 unspecified atom stereocenters. The van der Waals surface area contributed by atoms with Gasteiger partial charge in [0.1, 0.15) is 5.75 Å². The number of methoxy groups -OCH3 is 1. The van der Waals surface area contributed by atoms with E-state index in [2.05, 4.69) is 4.72 Å². The Morgan fingerprint density at radius 3 is 2.25 bits per heavy atom. The molecule has 0 radical (unpaired) electrons. The van der Waals surface area contributed by atoms with Crippen LogP contribution in [0.5, 0.6) is 5.75 Å². The highest BCUT2D eigenvalue weighted by Crippen LogP contribution is 2.27. The van der Waals surface area contributed by atoms with E-state index in [0.717, 1.165) is 30.4 Å². The number of anilines is 1. The first-order chi connectivity index (χ1) is 13.3. The number of ether oxygens (including phenoxy) is 1. The molecule has 2 aromatic rings. The van der Waals surface area contributed by atoms with E-state index >= 15 is 0 Å². The number of nitrogens with one attached hydrogen (secondary N) is 1. The van der Waals surface area contributed by atoms with E-state index in [0.29, 0.717) is 24.5 Å². The van der Waals surface area contributed by atoms with Crippen molar-refractivity contribution in [2.45, 2.75) is 38.0 Å². The molecule has 0 spiro atoms. The normalized spacial score (nSPS) is 14.6. The summed E-state index contributed by atoms with van der Waals surface area (Å²) in [6.45, 7) is 5.18. The maximum Gasteiger partial charge on any atom is 0.261 e. The Morgan fingerprint density at radius 2 is 1.64 bits per heavy atom. The van der Waals surface area contributed by atoms with Crippen molar-refractivity contribution < 1.29 is 17.9 Å². The van der Waals surface area contributed by atoms with Gasteiger partial charge in [-0.15, -0.1) is 0 Å². The first-order valence-corrected chi connectivity index (χ1v) is 10.9. The summed E-state index contributed by atoms with van der Waals surface area (Å²) in [7, 11) is -2.36. The number of likely N-dealkylation sites (tertiary alicyclic amines) is 1. The van der Waals surface area contributed by atoms with Crippen LogP contribution >= 0.6 is 0 Å². The molecule has 1 N–H and O–H groups in total. The number of carbonyl (C=O) groups is 1. The largest absolute Gasteiger partial charge is 0.496 e. The van der Waals surface area contributed by atoms with Crippen LogP contribution in [0, 0.1) is 13.8 Å². The lowest BCUT2D eigenvalue weighted by Crippen LogP contribution is -2.35. The molecule has 1 heterocycles. The molecule has 0 aliphatic carbocycles. The molecule has 7 heteroatoms. The maximum atomic E-state index is 12.9. The van der Waals surface area contributed by atoms with Gasteiger partial charge in [-0.05, 0) is 74.6 Å². The molecule has 2 aromatic carbocycles.